The van der Waals surface area contributed by atoms with E-state index in [4.69, 9.17) is 4.74 Å². The fraction of sp³-hybridized carbons (Fsp3) is 0.200. The van der Waals surface area contributed by atoms with E-state index in [1.807, 2.05) is 12.1 Å². The molecule has 2 aromatic carbocycles. The van der Waals surface area contributed by atoms with Crippen molar-refractivity contribution >= 4 is 16.9 Å². The van der Waals surface area contributed by atoms with Crippen LogP contribution in [-0.4, -0.2) is 23.2 Å². The van der Waals surface area contributed by atoms with Gasteiger partial charge in [-0.1, -0.05) is 38.1 Å². The van der Waals surface area contributed by atoms with E-state index in [0.717, 1.165) is 5.56 Å². The van der Waals surface area contributed by atoms with E-state index in [2.05, 4.69) is 31.0 Å². The van der Waals surface area contributed by atoms with Gasteiger partial charge in [0.2, 0.25) is 0 Å². The van der Waals surface area contributed by atoms with Crippen LogP contribution in [0.1, 0.15) is 35.7 Å². The zero-order valence-electron chi connectivity index (χ0n) is 13.9. The van der Waals surface area contributed by atoms with Gasteiger partial charge in [-0.05, 0) is 29.7 Å². The summed E-state index contributed by atoms with van der Waals surface area (Å²) in [7, 11) is 1.58. The number of hydrogen-bond acceptors (Lipinski definition) is 3. The molecule has 0 aliphatic rings. The van der Waals surface area contributed by atoms with E-state index >= 15 is 0 Å². The third-order valence-electron chi connectivity index (χ3n) is 4.12. The van der Waals surface area contributed by atoms with Gasteiger partial charge in [-0.2, -0.15) is 0 Å². The van der Waals surface area contributed by atoms with Gasteiger partial charge in [0.15, 0.2) is 0 Å². The Bertz CT molecular complexity index is 899. The van der Waals surface area contributed by atoms with Crippen molar-refractivity contribution in [3.05, 3.63) is 59.7 Å². The number of fused-ring (bicyclic) bond motifs is 1. The van der Waals surface area contributed by atoms with Crippen LogP contribution in [0.2, 0.25) is 0 Å². The van der Waals surface area contributed by atoms with Crippen LogP contribution in [0.15, 0.2) is 48.5 Å². The fourth-order valence-corrected chi connectivity index (χ4v) is 2.70. The van der Waals surface area contributed by atoms with Crippen molar-refractivity contribution in [1.29, 1.82) is 0 Å². The number of aromatic carboxylic acids is 1. The summed E-state index contributed by atoms with van der Waals surface area (Å²) in [6, 6.07) is 14.9. The zero-order valence-corrected chi connectivity index (χ0v) is 13.9. The van der Waals surface area contributed by atoms with Crippen molar-refractivity contribution in [2.75, 3.05) is 7.11 Å². The Morgan fingerprint density at radius 1 is 1.08 bits per heavy atom. The number of hydrogen-bond donors (Lipinski definition) is 1. The highest BCUT2D eigenvalue weighted by Gasteiger charge is 2.14. The number of methoxy groups -OCH3 is 1. The quantitative estimate of drug-likeness (QED) is 0.754. The predicted molar refractivity (Wildman–Crippen MR) is 94.8 cm³/mol. The molecule has 3 rings (SSSR count). The van der Waals surface area contributed by atoms with E-state index in [-0.39, 0.29) is 5.56 Å². The molecule has 0 aliphatic heterocycles. The Labute approximate surface area is 140 Å². The maximum Gasteiger partial charge on any atom is 0.336 e. The molecular formula is C20H19NO3. The number of ether oxygens (including phenoxy) is 1. The van der Waals surface area contributed by atoms with Crippen molar-refractivity contribution < 1.29 is 14.6 Å². The fourth-order valence-electron chi connectivity index (χ4n) is 2.70. The Kier molecular flexibility index (Phi) is 4.21. The summed E-state index contributed by atoms with van der Waals surface area (Å²) in [5, 5.41) is 10.1. The maximum absolute atomic E-state index is 11.6. The number of carboxylic acids is 1. The molecule has 0 bridgehead atoms. The van der Waals surface area contributed by atoms with Gasteiger partial charge in [0.05, 0.1) is 23.9 Å². The molecule has 3 aromatic rings. The third-order valence-corrected chi connectivity index (χ3v) is 4.12. The van der Waals surface area contributed by atoms with Crippen LogP contribution in [-0.2, 0) is 0 Å². The number of pyridine rings is 1. The molecule has 0 unspecified atom stereocenters. The standard InChI is InChI=1S/C20H19NO3/c1-12(2)13-4-6-14(7-5-13)18-11-17(20(22)23)16-9-8-15(24-3)10-19(16)21-18/h4-12H,1-3H3,(H,22,23). The van der Waals surface area contributed by atoms with Crippen molar-refractivity contribution in [3.63, 3.8) is 0 Å². The van der Waals surface area contributed by atoms with Crippen LogP contribution in [0.5, 0.6) is 5.75 Å². The number of carboxylic acid groups (broad SMARTS) is 1. The Hall–Kier alpha value is -2.88. The summed E-state index contributed by atoms with van der Waals surface area (Å²) in [5.41, 5.74) is 3.62. The number of nitrogens with zero attached hydrogens (tertiary/aromatic N) is 1. The number of carbonyl (C=O) groups is 1. The SMILES string of the molecule is COc1ccc2c(C(=O)O)cc(-c3ccc(C(C)C)cc3)nc2c1. The highest BCUT2D eigenvalue weighted by molar-refractivity contribution is 6.04. The zero-order chi connectivity index (χ0) is 17.3. The maximum atomic E-state index is 11.6. The van der Waals surface area contributed by atoms with Crippen LogP contribution in [0.25, 0.3) is 22.2 Å². The lowest BCUT2D eigenvalue weighted by molar-refractivity contribution is 0.0699. The van der Waals surface area contributed by atoms with Gasteiger partial charge in [-0.25, -0.2) is 9.78 Å². The predicted octanol–water partition coefficient (Wildman–Crippen LogP) is 4.73. The number of rotatable bonds is 4. The van der Waals surface area contributed by atoms with Gasteiger partial charge in [0.25, 0.3) is 0 Å². The van der Waals surface area contributed by atoms with E-state index in [1.165, 1.54) is 5.56 Å². The van der Waals surface area contributed by atoms with E-state index < -0.39 is 5.97 Å². The largest absolute Gasteiger partial charge is 0.497 e. The van der Waals surface area contributed by atoms with Gasteiger partial charge in [-0.15, -0.1) is 0 Å². The monoisotopic (exact) mass is 321 g/mol. The first kappa shape index (κ1) is 16.0. The second-order valence-corrected chi connectivity index (χ2v) is 6.02. The Morgan fingerprint density at radius 2 is 1.79 bits per heavy atom. The van der Waals surface area contributed by atoms with Gasteiger partial charge in [-0.3, -0.25) is 0 Å². The summed E-state index contributed by atoms with van der Waals surface area (Å²) in [6.07, 6.45) is 0. The molecule has 4 heteroatoms. The Morgan fingerprint density at radius 3 is 2.38 bits per heavy atom. The molecule has 0 amide bonds. The average molecular weight is 321 g/mol. The summed E-state index contributed by atoms with van der Waals surface area (Å²) < 4.78 is 5.22. The molecule has 0 atom stereocenters. The Balaban J connectivity index is 2.18. The molecule has 0 spiro atoms. The topological polar surface area (TPSA) is 59.4 Å². The third kappa shape index (κ3) is 2.95. The molecule has 0 saturated carbocycles. The molecule has 1 N–H and O–H groups in total. The summed E-state index contributed by atoms with van der Waals surface area (Å²) in [6.45, 7) is 4.27. The highest BCUT2D eigenvalue weighted by Crippen LogP contribution is 2.28. The van der Waals surface area contributed by atoms with E-state index in [0.29, 0.717) is 28.3 Å². The van der Waals surface area contributed by atoms with Crippen molar-refractivity contribution in [3.8, 4) is 17.0 Å². The molecule has 0 radical (unpaired) electrons. The van der Waals surface area contributed by atoms with Gasteiger partial charge < -0.3 is 9.84 Å². The van der Waals surface area contributed by atoms with Crippen LogP contribution >= 0.6 is 0 Å². The van der Waals surface area contributed by atoms with Crippen molar-refractivity contribution in [1.82, 2.24) is 4.98 Å². The molecule has 0 aliphatic carbocycles. The first-order chi connectivity index (χ1) is 11.5. The first-order valence-electron chi connectivity index (χ1n) is 7.82. The van der Waals surface area contributed by atoms with Gasteiger partial charge >= 0.3 is 5.97 Å². The van der Waals surface area contributed by atoms with Gasteiger partial charge in [0.1, 0.15) is 5.75 Å². The summed E-state index contributed by atoms with van der Waals surface area (Å²) in [5.74, 6) is 0.133. The summed E-state index contributed by atoms with van der Waals surface area (Å²) in [4.78, 5) is 16.3. The minimum atomic E-state index is -0.965. The molecule has 24 heavy (non-hydrogen) atoms. The van der Waals surface area contributed by atoms with Crippen molar-refractivity contribution in [2.45, 2.75) is 19.8 Å². The molecule has 1 aromatic heterocycles. The van der Waals surface area contributed by atoms with Crippen LogP contribution in [0.3, 0.4) is 0 Å². The second kappa shape index (κ2) is 6.32. The van der Waals surface area contributed by atoms with Crippen LogP contribution < -0.4 is 4.74 Å². The molecule has 0 fully saturated rings. The highest BCUT2D eigenvalue weighted by atomic mass is 16.5. The lowest BCUT2D eigenvalue weighted by Crippen LogP contribution is -2.00. The average Bonchev–Trinajstić information content (AvgIpc) is 2.60. The van der Waals surface area contributed by atoms with E-state index in [9.17, 15) is 9.90 Å². The lowest BCUT2D eigenvalue weighted by Gasteiger charge is -2.10. The summed E-state index contributed by atoms with van der Waals surface area (Å²) >= 11 is 0. The minimum absolute atomic E-state index is 0.241. The van der Waals surface area contributed by atoms with Crippen molar-refractivity contribution in [2.24, 2.45) is 0 Å². The molecule has 0 saturated heterocycles. The molecular weight excluding hydrogens is 302 g/mol. The van der Waals surface area contributed by atoms with Crippen LogP contribution in [0.4, 0.5) is 0 Å². The molecule has 1 heterocycles. The first-order valence-corrected chi connectivity index (χ1v) is 7.82. The number of aromatic nitrogens is 1. The second-order valence-electron chi connectivity index (χ2n) is 6.02. The minimum Gasteiger partial charge on any atom is -0.497 e. The molecule has 4 nitrogen and oxygen atoms in total. The normalized spacial score (nSPS) is 11.0. The van der Waals surface area contributed by atoms with E-state index in [1.54, 1.807) is 31.4 Å². The number of benzene rings is 2. The van der Waals surface area contributed by atoms with Gasteiger partial charge in [0, 0.05) is 17.0 Å². The smallest absolute Gasteiger partial charge is 0.336 e. The van der Waals surface area contributed by atoms with Crippen LogP contribution in [0, 0.1) is 0 Å². The molecule has 122 valence electrons. The lowest BCUT2D eigenvalue weighted by atomic mass is 9.99.